The quantitative estimate of drug-likeness (QED) is 0.779. The summed E-state index contributed by atoms with van der Waals surface area (Å²) in [6.07, 6.45) is 2.09. The Morgan fingerprint density at radius 3 is 2.75 bits per heavy atom. The number of hydrogen-bond donors (Lipinski definition) is 1. The molecule has 1 rings (SSSR count). The van der Waals surface area contributed by atoms with Crippen LogP contribution < -0.4 is 5.32 Å². The summed E-state index contributed by atoms with van der Waals surface area (Å²) in [5.74, 6) is -0.0732. The molecule has 0 saturated carbocycles. The summed E-state index contributed by atoms with van der Waals surface area (Å²) in [5.41, 5.74) is 1.54. The Morgan fingerprint density at radius 2 is 2.25 bits per heavy atom. The molecular weight excluding hydrogens is 202 g/mol. The fraction of sp³-hybridized carbons (Fsp3) is 0.667. The van der Waals surface area contributed by atoms with E-state index in [0.29, 0.717) is 5.69 Å². The topological polar surface area (TPSA) is 46.9 Å². The molecule has 0 aliphatic rings. The third-order valence-electron chi connectivity index (χ3n) is 2.46. The van der Waals surface area contributed by atoms with E-state index in [1.807, 2.05) is 17.7 Å². The third-order valence-corrected chi connectivity index (χ3v) is 2.46. The summed E-state index contributed by atoms with van der Waals surface area (Å²) >= 11 is 0. The maximum absolute atomic E-state index is 11.7. The van der Waals surface area contributed by atoms with Crippen LogP contribution in [0, 0.1) is 6.92 Å². The molecule has 0 unspecified atom stereocenters. The molecule has 0 aliphatic carbocycles. The number of aryl methyl sites for hydroxylation is 1. The maximum atomic E-state index is 11.7. The van der Waals surface area contributed by atoms with Gasteiger partial charge in [-0.3, -0.25) is 9.48 Å². The van der Waals surface area contributed by atoms with Crippen molar-refractivity contribution in [3.05, 3.63) is 17.5 Å². The van der Waals surface area contributed by atoms with Crippen LogP contribution in [0.2, 0.25) is 0 Å². The average molecular weight is 223 g/mol. The highest BCUT2D eigenvalue weighted by molar-refractivity contribution is 5.92. The standard InChI is InChI=1S/C12H21N3O/c1-5-6-7-13-12(16)11-8-10(4)15(14-11)9(2)3/h8-9H,5-7H2,1-4H3,(H,13,16). The molecule has 1 N–H and O–H groups in total. The lowest BCUT2D eigenvalue weighted by Crippen LogP contribution is -2.25. The van der Waals surface area contributed by atoms with Crippen LogP contribution >= 0.6 is 0 Å². The van der Waals surface area contributed by atoms with Gasteiger partial charge in [-0.25, -0.2) is 0 Å². The van der Waals surface area contributed by atoms with E-state index in [1.54, 1.807) is 0 Å². The summed E-state index contributed by atoms with van der Waals surface area (Å²) in [4.78, 5) is 11.7. The molecule has 0 fully saturated rings. The lowest BCUT2D eigenvalue weighted by Gasteiger charge is -2.07. The van der Waals surface area contributed by atoms with Crippen LogP contribution in [0.1, 0.15) is 55.8 Å². The van der Waals surface area contributed by atoms with Gasteiger partial charge >= 0.3 is 0 Å². The van der Waals surface area contributed by atoms with Crippen molar-refractivity contribution in [2.45, 2.75) is 46.6 Å². The molecule has 1 heterocycles. The van der Waals surface area contributed by atoms with E-state index in [9.17, 15) is 4.79 Å². The van der Waals surface area contributed by atoms with E-state index in [0.717, 1.165) is 25.1 Å². The maximum Gasteiger partial charge on any atom is 0.271 e. The van der Waals surface area contributed by atoms with Crippen molar-refractivity contribution in [1.82, 2.24) is 15.1 Å². The van der Waals surface area contributed by atoms with Gasteiger partial charge in [0.25, 0.3) is 5.91 Å². The van der Waals surface area contributed by atoms with E-state index in [4.69, 9.17) is 0 Å². The molecule has 4 nitrogen and oxygen atoms in total. The normalized spacial score (nSPS) is 10.8. The molecule has 90 valence electrons. The monoisotopic (exact) mass is 223 g/mol. The first kappa shape index (κ1) is 12.7. The van der Waals surface area contributed by atoms with E-state index < -0.39 is 0 Å². The number of unbranched alkanes of at least 4 members (excludes halogenated alkanes) is 1. The Balaban J connectivity index is 2.66. The van der Waals surface area contributed by atoms with Gasteiger partial charge in [0.05, 0.1) is 0 Å². The van der Waals surface area contributed by atoms with Gasteiger partial charge in [0.2, 0.25) is 0 Å². The molecule has 1 aromatic rings. The number of carbonyl (C=O) groups is 1. The van der Waals surface area contributed by atoms with Gasteiger partial charge in [-0.2, -0.15) is 5.10 Å². The number of nitrogens with zero attached hydrogens (tertiary/aromatic N) is 2. The molecular formula is C12H21N3O. The Hall–Kier alpha value is -1.32. The highest BCUT2D eigenvalue weighted by Gasteiger charge is 2.12. The van der Waals surface area contributed by atoms with Gasteiger partial charge < -0.3 is 5.32 Å². The van der Waals surface area contributed by atoms with Gasteiger partial charge in [0.15, 0.2) is 0 Å². The second kappa shape index (κ2) is 5.68. The zero-order valence-corrected chi connectivity index (χ0v) is 10.6. The highest BCUT2D eigenvalue weighted by Crippen LogP contribution is 2.09. The lowest BCUT2D eigenvalue weighted by molar-refractivity contribution is 0.0947. The first-order valence-electron chi connectivity index (χ1n) is 5.90. The highest BCUT2D eigenvalue weighted by atomic mass is 16.1. The Kier molecular flexibility index (Phi) is 4.52. The molecule has 4 heteroatoms. The Bertz CT molecular complexity index is 355. The van der Waals surface area contributed by atoms with Crippen LogP contribution in [-0.2, 0) is 0 Å². The van der Waals surface area contributed by atoms with Crippen LogP contribution in [0.3, 0.4) is 0 Å². The first-order chi connectivity index (χ1) is 7.56. The zero-order valence-electron chi connectivity index (χ0n) is 10.6. The number of amides is 1. The fourth-order valence-corrected chi connectivity index (χ4v) is 1.59. The molecule has 1 aromatic heterocycles. The molecule has 1 amide bonds. The van der Waals surface area contributed by atoms with Crippen LogP contribution in [0.15, 0.2) is 6.07 Å². The van der Waals surface area contributed by atoms with E-state index >= 15 is 0 Å². The van der Waals surface area contributed by atoms with Crippen molar-refractivity contribution >= 4 is 5.91 Å². The molecule has 0 spiro atoms. The first-order valence-corrected chi connectivity index (χ1v) is 5.90. The molecule has 0 radical (unpaired) electrons. The summed E-state index contributed by atoms with van der Waals surface area (Å²) in [7, 11) is 0. The van der Waals surface area contributed by atoms with Crippen LogP contribution in [0.4, 0.5) is 0 Å². The second-order valence-electron chi connectivity index (χ2n) is 4.32. The number of carbonyl (C=O) groups excluding carboxylic acids is 1. The number of aromatic nitrogens is 2. The average Bonchev–Trinajstić information content (AvgIpc) is 2.60. The third kappa shape index (κ3) is 3.08. The summed E-state index contributed by atoms with van der Waals surface area (Å²) in [5, 5.41) is 7.16. The van der Waals surface area contributed by atoms with Crippen LogP contribution in [-0.4, -0.2) is 22.2 Å². The van der Waals surface area contributed by atoms with Crippen molar-refractivity contribution < 1.29 is 4.79 Å². The van der Waals surface area contributed by atoms with Crippen LogP contribution in [0.5, 0.6) is 0 Å². The van der Waals surface area contributed by atoms with E-state index in [1.165, 1.54) is 0 Å². The smallest absolute Gasteiger partial charge is 0.271 e. The molecule has 16 heavy (non-hydrogen) atoms. The minimum atomic E-state index is -0.0732. The molecule has 0 saturated heterocycles. The van der Waals surface area contributed by atoms with Crippen molar-refractivity contribution in [3.8, 4) is 0 Å². The summed E-state index contributed by atoms with van der Waals surface area (Å²) in [6.45, 7) is 8.90. The van der Waals surface area contributed by atoms with Crippen molar-refractivity contribution in [2.24, 2.45) is 0 Å². The van der Waals surface area contributed by atoms with E-state index in [2.05, 4.69) is 31.2 Å². The zero-order chi connectivity index (χ0) is 12.1. The Labute approximate surface area is 97.0 Å². The van der Waals surface area contributed by atoms with Crippen molar-refractivity contribution in [3.63, 3.8) is 0 Å². The van der Waals surface area contributed by atoms with Crippen molar-refractivity contribution in [1.29, 1.82) is 0 Å². The molecule has 0 atom stereocenters. The minimum Gasteiger partial charge on any atom is -0.351 e. The SMILES string of the molecule is CCCCNC(=O)c1cc(C)n(C(C)C)n1. The minimum absolute atomic E-state index is 0.0732. The number of hydrogen-bond acceptors (Lipinski definition) is 2. The van der Waals surface area contributed by atoms with Gasteiger partial charge in [0.1, 0.15) is 5.69 Å². The van der Waals surface area contributed by atoms with E-state index in [-0.39, 0.29) is 11.9 Å². The van der Waals surface area contributed by atoms with Gasteiger partial charge in [0, 0.05) is 18.3 Å². The Morgan fingerprint density at radius 1 is 1.56 bits per heavy atom. The predicted octanol–water partition coefficient (Wildman–Crippen LogP) is 2.30. The van der Waals surface area contributed by atoms with Crippen LogP contribution in [0.25, 0.3) is 0 Å². The largest absolute Gasteiger partial charge is 0.351 e. The molecule has 0 bridgehead atoms. The molecule has 0 aliphatic heterocycles. The predicted molar refractivity (Wildman–Crippen MR) is 64.6 cm³/mol. The number of rotatable bonds is 5. The fourth-order valence-electron chi connectivity index (χ4n) is 1.59. The van der Waals surface area contributed by atoms with Crippen molar-refractivity contribution in [2.75, 3.05) is 6.54 Å². The number of nitrogens with one attached hydrogen (secondary N) is 1. The van der Waals surface area contributed by atoms with Gasteiger partial charge in [-0.1, -0.05) is 13.3 Å². The summed E-state index contributed by atoms with van der Waals surface area (Å²) in [6, 6.07) is 2.12. The lowest BCUT2D eigenvalue weighted by atomic mass is 10.3. The summed E-state index contributed by atoms with van der Waals surface area (Å²) < 4.78 is 1.87. The molecule has 0 aromatic carbocycles. The second-order valence-corrected chi connectivity index (χ2v) is 4.32. The van der Waals surface area contributed by atoms with Gasteiger partial charge in [-0.05, 0) is 33.3 Å². The van der Waals surface area contributed by atoms with Gasteiger partial charge in [-0.15, -0.1) is 0 Å².